The number of hydrogen-bond donors (Lipinski definition) is 1. The normalized spacial score (nSPS) is 10.6. The molecule has 2 heterocycles. The number of hydrogen-bond acceptors (Lipinski definition) is 2. The van der Waals surface area contributed by atoms with Crippen LogP contribution in [-0.4, -0.2) is 14.5 Å². The zero-order valence-corrected chi connectivity index (χ0v) is 7.12. The summed E-state index contributed by atoms with van der Waals surface area (Å²) in [6.45, 7) is 0. The average Bonchev–Trinajstić information content (AvgIpc) is 2.34. The summed E-state index contributed by atoms with van der Waals surface area (Å²) in [5, 5.41) is 9.35. The molecule has 0 aliphatic rings. The molecule has 0 spiro atoms. The number of fused-ring (bicyclic) bond motifs is 1. The maximum atomic E-state index is 9.35. The number of pyridine rings is 1. The minimum Gasteiger partial charge on any atom is -0.506 e. The van der Waals surface area contributed by atoms with Gasteiger partial charge in [-0.05, 0) is 22.0 Å². The second kappa shape index (κ2) is 2.23. The van der Waals surface area contributed by atoms with Crippen LogP contribution in [0.4, 0.5) is 0 Å². The van der Waals surface area contributed by atoms with Gasteiger partial charge < -0.3 is 9.51 Å². The molecule has 0 atom stereocenters. The Morgan fingerprint density at radius 2 is 2.36 bits per heavy atom. The van der Waals surface area contributed by atoms with Gasteiger partial charge in [0.05, 0.1) is 12.5 Å². The van der Waals surface area contributed by atoms with Gasteiger partial charge in [-0.3, -0.25) is 0 Å². The van der Waals surface area contributed by atoms with Gasteiger partial charge in [0, 0.05) is 10.7 Å². The van der Waals surface area contributed by atoms with E-state index in [1.54, 1.807) is 23.0 Å². The van der Waals surface area contributed by atoms with Crippen molar-refractivity contribution >= 4 is 21.4 Å². The van der Waals surface area contributed by atoms with E-state index in [2.05, 4.69) is 20.9 Å². The van der Waals surface area contributed by atoms with E-state index in [1.165, 1.54) is 0 Å². The van der Waals surface area contributed by atoms with Crippen molar-refractivity contribution in [3.8, 4) is 5.75 Å². The van der Waals surface area contributed by atoms with E-state index in [1.807, 2.05) is 6.20 Å². The molecule has 0 fully saturated rings. The topological polar surface area (TPSA) is 37.5 Å². The molecule has 2 aromatic rings. The molecule has 0 bridgehead atoms. The first-order valence-electron chi connectivity index (χ1n) is 3.07. The standard InChI is InChI=1S/C7H5BrN2O/c8-5-1-7(11)6-2-9-4-10(6)3-5/h1-4,11H. The third-order valence-electron chi connectivity index (χ3n) is 1.47. The summed E-state index contributed by atoms with van der Waals surface area (Å²) < 4.78 is 2.58. The van der Waals surface area contributed by atoms with Crippen LogP contribution in [0.15, 0.2) is 29.3 Å². The van der Waals surface area contributed by atoms with Gasteiger partial charge in [0.25, 0.3) is 0 Å². The highest BCUT2D eigenvalue weighted by atomic mass is 79.9. The van der Waals surface area contributed by atoms with Crippen molar-refractivity contribution in [3.05, 3.63) is 29.3 Å². The van der Waals surface area contributed by atoms with Crippen LogP contribution in [-0.2, 0) is 0 Å². The van der Waals surface area contributed by atoms with Crippen molar-refractivity contribution in [2.24, 2.45) is 0 Å². The molecule has 0 unspecified atom stereocenters. The molecule has 4 heteroatoms. The van der Waals surface area contributed by atoms with Crippen molar-refractivity contribution in [2.45, 2.75) is 0 Å². The molecule has 0 amide bonds. The minimum absolute atomic E-state index is 0.233. The Morgan fingerprint density at radius 3 is 3.18 bits per heavy atom. The van der Waals surface area contributed by atoms with Gasteiger partial charge >= 0.3 is 0 Å². The molecule has 3 nitrogen and oxygen atoms in total. The van der Waals surface area contributed by atoms with E-state index in [0.717, 1.165) is 4.47 Å². The molecular weight excluding hydrogens is 208 g/mol. The molecule has 0 saturated heterocycles. The fraction of sp³-hybridized carbons (Fsp3) is 0. The molecule has 0 aromatic carbocycles. The summed E-state index contributed by atoms with van der Waals surface area (Å²) in [5.74, 6) is 0.233. The highest BCUT2D eigenvalue weighted by molar-refractivity contribution is 9.10. The Labute approximate surface area is 71.4 Å². The monoisotopic (exact) mass is 212 g/mol. The highest BCUT2D eigenvalue weighted by Gasteiger charge is 1.99. The summed E-state index contributed by atoms with van der Waals surface area (Å²) in [6.07, 6.45) is 5.09. The highest BCUT2D eigenvalue weighted by Crippen LogP contribution is 2.22. The van der Waals surface area contributed by atoms with Crippen molar-refractivity contribution in [1.29, 1.82) is 0 Å². The summed E-state index contributed by atoms with van der Waals surface area (Å²) in [6, 6.07) is 1.64. The summed E-state index contributed by atoms with van der Waals surface area (Å²) in [7, 11) is 0. The zero-order valence-electron chi connectivity index (χ0n) is 5.53. The first kappa shape index (κ1) is 6.67. The van der Waals surface area contributed by atoms with Crippen LogP contribution < -0.4 is 0 Å². The summed E-state index contributed by atoms with van der Waals surface area (Å²) >= 11 is 3.26. The Balaban J connectivity index is 2.91. The van der Waals surface area contributed by atoms with Gasteiger partial charge in [-0.15, -0.1) is 0 Å². The number of rotatable bonds is 0. The zero-order chi connectivity index (χ0) is 7.84. The molecule has 2 aromatic heterocycles. The maximum Gasteiger partial charge on any atom is 0.142 e. The molecule has 2 rings (SSSR count). The molecule has 56 valence electrons. The first-order valence-corrected chi connectivity index (χ1v) is 3.87. The average molecular weight is 213 g/mol. The molecule has 0 aliphatic heterocycles. The number of imidazole rings is 1. The van der Waals surface area contributed by atoms with Crippen LogP contribution in [0.25, 0.3) is 5.52 Å². The molecule has 11 heavy (non-hydrogen) atoms. The summed E-state index contributed by atoms with van der Waals surface area (Å²) in [5.41, 5.74) is 0.716. The van der Waals surface area contributed by atoms with Crippen LogP contribution in [0.2, 0.25) is 0 Å². The predicted molar refractivity (Wildman–Crippen MR) is 44.6 cm³/mol. The van der Waals surface area contributed by atoms with Crippen molar-refractivity contribution in [3.63, 3.8) is 0 Å². The van der Waals surface area contributed by atoms with Gasteiger partial charge in [-0.1, -0.05) is 0 Å². The lowest BCUT2D eigenvalue weighted by molar-refractivity contribution is 0.478. The van der Waals surface area contributed by atoms with Gasteiger partial charge in [-0.25, -0.2) is 4.98 Å². The van der Waals surface area contributed by atoms with Gasteiger partial charge in [0.15, 0.2) is 0 Å². The van der Waals surface area contributed by atoms with E-state index >= 15 is 0 Å². The van der Waals surface area contributed by atoms with E-state index in [4.69, 9.17) is 0 Å². The molecule has 0 radical (unpaired) electrons. The van der Waals surface area contributed by atoms with Crippen molar-refractivity contribution in [1.82, 2.24) is 9.38 Å². The molecule has 1 N–H and O–H groups in total. The van der Waals surface area contributed by atoms with Crippen LogP contribution in [0.3, 0.4) is 0 Å². The predicted octanol–water partition coefficient (Wildman–Crippen LogP) is 1.80. The quantitative estimate of drug-likeness (QED) is 0.724. The van der Waals surface area contributed by atoms with Crippen LogP contribution >= 0.6 is 15.9 Å². The van der Waals surface area contributed by atoms with Crippen molar-refractivity contribution in [2.75, 3.05) is 0 Å². The lowest BCUT2D eigenvalue weighted by atomic mass is 10.4. The Kier molecular flexibility index (Phi) is 1.35. The molecule has 0 saturated carbocycles. The van der Waals surface area contributed by atoms with E-state index < -0.39 is 0 Å². The SMILES string of the molecule is Oc1cc(Br)cn2cncc12. The number of nitrogens with zero attached hydrogens (tertiary/aromatic N) is 2. The van der Waals surface area contributed by atoms with Crippen LogP contribution in [0, 0.1) is 0 Å². The minimum atomic E-state index is 0.233. The van der Waals surface area contributed by atoms with E-state index in [-0.39, 0.29) is 5.75 Å². The van der Waals surface area contributed by atoms with Gasteiger partial charge in [-0.2, -0.15) is 0 Å². The van der Waals surface area contributed by atoms with Crippen LogP contribution in [0.5, 0.6) is 5.75 Å². The molecule has 0 aliphatic carbocycles. The van der Waals surface area contributed by atoms with Crippen LogP contribution in [0.1, 0.15) is 0 Å². The summed E-state index contributed by atoms with van der Waals surface area (Å²) in [4.78, 5) is 3.89. The lowest BCUT2D eigenvalue weighted by Crippen LogP contribution is -1.81. The van der Waals surface area contributed by atoms with E-state index in [9.17, 15) is 5.11 Å². The third-order valence-corrected chi connectivity index (χ3v) is 1.90. The third kappa shape index (κ3) is 0.991. The lowest BCUT2D eigenvalue weighted by Gasteiger charge is -1.97. The Hall–Kier alpha value is -1.03. The number of halogens is 1. The second-order valence-corrected chi connectivity index (χ2v) is 3.15. The van der Waals surface area contributed by atoms with Crippen molar-refractivity contribution < 1.29 is 5.11 Å². The largest absolute Gasteiger partial charge is 0.506 e. The fourth-order valence-corrected chi connectivity index (χ4v) is 1.42. The smallest absolute Gasteiger partial charge is 0.142 e. The Morgan fingerprint density at radius 1 is 1.55 bits per heavy atom. The molecular formula is C7H5BrN2O. The van der Waals surface area contributed by atoms with E-state index in [0.29, 0.717) is 5.52 Å². The van der Waals surface area contributed by atoms with Gasteiger partial charge in [0.1, 0.15) is 11.3 Å². The Bertz CT molecular complexity index is 396. The number of aromatic nitrogens is 2. The first-order chi connectivity index (χ1) is 5.27. The maximum absolute atomic E-state index is 9.35. The second-order valence-electron chi connectivity index (χ2n) is 2.23. The van der Waals surface area contributed by atoms with Gasteiger partial charge in [0.2, 0.25) is 0 Å². The number of aromatic hydroxyl groups is 1. The fourth-order valence-electron chi connectivity index (χ4n) is 0.981.